The molecule has 2 N–H and O–H groups in total. The van der Waals surface area contributed by atoms with Gasteiger partial charge in [-0.2, -0.15) is 0 Å². The molecule has 0 aliphatic carbocycles. The second-order valence-corrected chi connectivity index (χ2v) is 10.0. The number of β-lactam (4-membered cyclic amide) rings is 1. The average Bonchev–Trinajstić information content (AvgIpc) is 3.24. The quantitative estimate of drug-likeness (QED) is 0.160. The van der Waals surface area contributed by atoms with Gasteiger partial charge in [-0.15, -0.1) is 11.3 Å². The molecule has 2 saturated heterocycles. The number of hydrogen-bond acceptors (Lipinski definition) is 9. The summed E-state index contributed by atoms with van der Waals surface area (Å²) in [7, 11) is -4.99. The van der Waals surface area contributed by atoms with Crippen LogP contribution in [0.15, 0.2) is 29.6 Å². The van der Waals surface area contributed by atoms with E-state index in [1.165, 1.54) is 16.2 Å². The van der Waals surface area contributed by atoms with Gasteiger partial charge in [0.15, 0.2) is 10.3 Å². The number of fused-ring (bicyclic) bond motifs is 1. The molecule has 36 heavy (non-hydrogen) atoms. The maximum Gasteiger partial charge on any atom is 1.00 e. The summed E-state index contributed by atoms with van der Waals surface area (Å²) < 4.78 is 34.1. The Morgan fingerprint density at radius 2 is 1.86 bits per heavy atom. The van der Waals surface area contributed by atoms with Crippen LogP contribution < -0.4 is 40.2 Å². The molecular weight excluding hydrogens is 525 g/mol. The van der Waals surface area contributed by atoms with Crippen molar-refractivity contribution in [2.75, 3.05) is 26.2 Å². The third-order valence-corrected chi connectivity index (χ3v) is 7.62. The maximum absolute atomic E-state index is 13.2. The number of nitrogens with zero attached hydrogens (tertiary/aromatic N) is 3. The molecular formula is C20H20N5NaO8S2. The van der Waals surface area contributed by atoms with Gasteiger partial charge in [-0.05, 0) is 23.8 Å². The van der Waals surface area contributed by atoms with E-state index in [-0.39, 0.29) is 47.0 Å². The normalized spacial score (nSPS) is 19.0. The van der Waals surface area contributed by atoms with Crippen molar-refractivity contribution in [3.05, 3.63) is 35.2 Å². The molecule has 0 spiro atoms. The van der Waals surface area contributed by atoms with E-state index in [9.17, 15) is 36.9 Å². The third-order valence-electron chi connectivity index (χ3n) is 5.77. The number of hydrogen-bond donors (Lipinski definition) is 2. The van der Waals surface area contributed by atoms with Crippen LogP contribution >= 0.6 is 11.3 Å². The summed E-state index contributed by atoms with van der Waals surface area (Å²) in [5.41, 5.74) is 0.377. The molecule has 0 saturated carbocycles. The van der Waals surface area contributed by atoms with Gasteiger partial charge >= 0.3 is 47.4 Å². The molecule has 2 aromatic rings. The van der Waals surface area contributed by atoms with E-state index < -0.39 is 58.6 Å². The van der Waals surface area contributed by atoms with Gasteiger partial charge in [-0.25, -0.2) is 17.5 Å². The summed E-state index contributed by atoms with van der Waals surface area (Å²) >= 11 is 1.30. The van der Waals surface area contributed by atoms with Crippen LogP contribution in [0.5, 0.6) is 0 Å². The fourth-order valence-corrected chi connectivity index (χ4v) is 5.50. The van der Waals surface area contributed by atoms with Gasteiger partial charge in [0.2, 0.25) is 5.91 Å². The minimum Gasteiger partial charge on any atom is -0.731 e. The number of rotatable bonds is 6. The average molecular weight is 546 g/mol. The van der Waals surface area contributed by atoms with Crippen LogP contribution in [0.3, 0.4) is 0 Å². The summed E-state index contributed by atoms with van der Waals surface area (Å²) in [4.78, 5) is 64.8. The van der Waals surface area contributed by atoms with Gasteiger partial charge < -0.3 is 20.1 Å². The van der Waals surface area contributed by atoms with Gasteiger partial charge in [0.1, 0.15) is 12.1 Å². The van der Waals surface area contributed by atoms with Crippen LogP contribution in [0, 0.1) is 0 Å². The zero-order valence-electron chi connectivity index (χ0n) is 19.3. The molecule has 3 heterocycles. The van der Waals surface area contributed by atoms with Crippen molar-refractivity contribution in [2.24, 2.45) is 0 Å². The van der Waals surface area contributed by atoms with E-state index in [0.29, 0.717) is 22.4 Å². The van der Waals surface area contributed by atoms with E-state index in [1.54, 1.807) is 36.6 Å². The largest absolute Gasteiger partial charge is 1.00 e. The molecule has 1 aromatic heterocycles. The number of likely N-dealkylation sites (N-methyl/N-ethyl adjacent to an activating group) is 1. The minimum absolute atomic E-state index is 0. The Labute approximate surface area is 231 Å². The number of imide groups is 1. The molecule has 1 aromatic carbocycles. The topological polar surface area (TPSA) is 176 Å². The second kappa shape index (κ2) is 10.8. The molecule has 6 amide bonds. The van der Waals surface area contributed by atoms with E-state index in [1.807, 2.05) is 0 Å². The van der Waals surface area contributed by atoms with E-state index in [4.69, 9.17) is 0 Å². The molecule has 2 fully saturated rings. The first-order valence-electron chi connectivity index (χ1n) is 10.5. The molecule has 2 aliphatic rings. The maximum atomic E-state index is 13.2. The number of piperazine rings is 1. The van der Waals surface area contributed by atoms with Crippen molar-refractivity contribution in [3.63, 3.8) is 0 Å². The summed E-state index contributed by atoms with van der Waals surface area (Å²) in [6, 6.07) is 3.43. The van der Waals surface area contributed by atoms with Gasteiger partial charge in [0.05, 0.1) is 6.54 Å². The van der Waals surface area contributed by atoms with E-state index in [0.717, 1.165) is 4.70 Å². The molecule has 0 radical (unpaired) electrons. The van der Waals surface area contributed by atoms with Crippen molar-refractivity contribution in [2.45, 2.75) is 19.0 Å². The fraction of sp³-hybridized carbons (Fsp3) is 0.350. The van der Waals surface area contributed by atoms with Crippen molar-refractivity contribution in [1.29, 1.82) is 0 Å². The zero-order chi connectivity index (χ0) is 25.5. The summed E-state index contributed by atoms with van der Waals surface area (Å²) in [5, 5.41) is 7.08. The first-order valence-corrected chi connectivity index (χ1v) is 12.7. The number of carbonyl (C=O) groups is 5. The number of amides is 6. The molecule has 2 aliphatic heterocycles. The van der Waals surface area contributed by atoms with Crippen LogP contribution in [0.1, 0.15) is 18.5 Å². The predicted molar refractivity (Wildman–Crippen MR) is 120 cm³/mol. The van der Waals surface area contributed by atoms with Crippen LogP contribution in [0.4, 0.5) is 4.79 Å². The van der Waals surface area contributed by atoms with Crippen molar-refractivity contribution >= 4 is 61.4 Å². The predicted octanol–water partition coefficient (Wildman–Crippen LogP) is -3.87. The second-order valence-electron chi connectivity index (χ2n) is 7.80. The van der Waals surface area contributed by atoms with Crippen molar-refractivity contribution < 1.29 is 66.5 Å². The van der Waals surface area contributed by atoms with E-state index >= 15 is 0 Å². The molecule has 13 nitrogen and oxygen atoms in total. The first kappa shape index (κ1) is 28.0. The Kier molecular flexibility index (Phi) is 8.42. The zero-order valence-corrected chi connectivity index (χ0v) is 22.9. The standard InChI is InChI=1S/C20H21N5O8S2.Na/c1-2-23-7-8-24(19(29)18(23)28)20(30)22-15(12-10-34-14-6-4-3-5-11(12)14)16(26)21-13-9-25(17(13)27)35(31,32)33;/h3-6,10,13,15H,2,7-9H2,1H3,(H,21,26)(H,22,30)(H,31,32,33);/q;+1/p-1. The molecule has 2 unspecified atom stereocenters. The number of urea groups is 1. The van der Waals surface area contributed by atoms with E-state index in [2.05, 4.69) is 10.6 Å². The monoisotopic (exact) mass is 545 g/mol. The summed E-state index contributed by atoms with van der Waals surface area (Å²) in [6.07, 6.45) is 0. The number of carbonyl (C=O) groups excluding carboxylic acids is 5. The van der Waals surface area contributed by atoms with Gasteiger partial charge in [0.25, 0.3) is 5.91 Å². The Morgan fingerprint density at radius 3 is 2.50 bits per heavy atom. The van der Waals surface area contributed by atoms with Crippen LogP contribution in [0.2, 0.25) is 0 Å². The van der Waals surface area contributed by atoms with Gasteiger partial charge in [0, 0.05) is 29.9 Å². The summed E-state index contributed by atoms with van der Waals surface area (Å²) in [5.74, 6) is -3.82. The smallest absolute Gasteiger partial charge is 0.731 e. The van der Waals surface area contributed by atoms with Crippen molar-refractivity contribution in [1.82, 2.24) is 24.7 Å². The Hall–Kier alpha value is -2.56. The summed E-state index contributed by atoms with van der Waals surface area (Å²) in [6.45, 7) is 1.54. The van der Waals surface area contributed by atoms with Crippen molar-refractivity contribution in [3.8, 4) is 0 Å². The molecule has 186 valence electrons. The molecule has 0 bridgehead atoms. The molecule has 2 atom stereocenters. The minimum atomic E-state index is -4.99. The van der Waals surface area contributed by atoms with Crippen LogP contribution in [0.25, 0.3) is 10.1 Å². The Morgan fingerprint density at radius 1 is 1.17 bits per heavy atom. The molecule has 4 rings (SSSR count). The number of thiophene rings is 1. The first-order chi connectivity index (χ1) is 16.5. The number of benzene rings is 1. The fourth-order valence-electron chi connectivity index (χ4n) is 3.84. The van der Waals surface area contributed by atoms with Crippen LogP contribution in [-0.2, 0) is 29.5 Å². The van der Waals surface area contributed by atoms with Gasteiger partial charge in [-0.3, -0.25) is 24.1 Å². The molecule has 16 heteroatoms. The van der Waals surface area contributed by atoms with Crippen LogP contribution in [-0.4, -0.2) is 89.0 Å². The Bertz CT molecular complexity index is 1350. The third kappa shape index (κ3) is 5.26. The Balaban J connectivity index is 0.00000361. The number of nitrogens with one attached hydrogen (secondary N) is 2. The SMILES string of the molecule is CCN1CCN(C(=O)NC(C(=O)NC2CN(S(=O)(=O)[O-])C2=O)c2csc3ccccc23)C(=O)C1=O.[Na+]. The van der Waals surface area contributed by atoms with Gasteiger partial charge in [-0.1, -0.05) is 18.2 Å².